The average molecular weight is 333 g/mol. The summed E-state index contributed by atoms with van der Waals surface area (Å²) in [5.41, 5.74) is 0.603. The number of carbonyl (C=O) groups is 1. The Morgan fingerprint density at radius 2 is 2.08 bits per heavy atom. The predicted molar refractivity (Wildman–Crippen MR) is 81.9 cm³/mol. The van der Waals surface area contributed by atoms with Gasteiger partial charge in [0.1, 0.15) is 5.75 Å². The number of phenols is 1. The summed E-state index contributed by atoms with van der Waals surface area (Å²) in [6, 6.07) is 4.38. The van der Waals surface area contributed by atoms with Crippen LogP contribution in [0.1, 0.15) is 11.3 Å². The molecule has 1 heterocycles. The van der Waals surface area contributed by atoms with Crippen LogP contribution in [-0.2, 0) is 11.2 Å². The molecule has 0 saturated carbocycles. The first-order chi connectivity index (χ1) is 11.3. The van der Waals surface area contributed by atoms with E-state index in [9.17, 15) is 29.6 Å². The predicted octanol–water partition coefficient (Wildman–Crippen LogP) is -0.630. The van der Waals surface area contributed by atoms with Crippen molar-refractivity contribution >= 4 is 17.8 Å². The van der Waals surface area contributed by atoms with Gasteiger partial charge in [0.2, 0.25) is 5.91 Å². The van der Waals surface area contributed by atoms with Crippen molar-refractivity contribution in [1.29, 1.82) is 0 Å². The van der Waals surface area contributed by atoms with Gasteiger partial charge in [-0.2, -0.15) is 5.10 Å². The Kier molecular flexibility index (Phi) is 4.84. The first-order valence-electron chi connectivity index (χ1n) is 6.47. The SMILES string of the molecule is O=C(Cc1cc(=O)[nH]c(=O)[nH]1)NN=Cc1cc([N+](=O)[O-])ccc1O. The van der Waals surface area contributed by atoms with Crippen LogP contribution < -0.4 is 16.7 Å². The molecule has 0 bridgehead atoms. The minimum absolute atomic E-state index is 0.0362. The molecule has 0 aliphatic rings. The minimum Gasteiger partial charge on any atom is -0.507 e. The van der Waals surface area contributed by atoms with Crippen molar-refractivity contribution in [2.75, 3.05) is 0 Å². The number of carbonyl (C=O) groups excluding carboxylic acids is 1. The van der Waals surface area contributed by atoms with E-state index in [1.54, 1.807) is 0 Å². The zero-order chi connectivity index (χ0) is 17.7. The first kappa shape index (κ1) is 16.6. The standard InChI is InChI=1S/C13H11N5O6/c19-10-2-1-9(18(23)24)3-7(10)6-14-17-12(21)5-8-4-11(20)16-13(22)15-8/h1-4,6,19H,5H2,(H,17,21)(H2,15,16,20,22). The number of nitrogens with zero attached hydrogens (tertiary/aromatic N) is 2. The zero-order valence-corrected chi connectivity index (χ0v) is 12.0. The molecule has 1 aromatic carbocycles. The van der Waals surface area contributed by atoms with Crippen molar-refractivity contribution in [1.82, 2.24) is 15.4 Å². The number of hydrogen-bond acceptors (Lipinski definition) is 7. The number of hydrogen-bond donors (Lipinski definition) is 4. The van der Waals surface area contributed by atoms with Crippen LogP contribution in [0.25, 0.3) is 0 Å². The number of aromatic amines is 2. The normalized spacial score (nSPS) is 10.7. The summed E-state index contributed by atoms with van der Waals surface area (Å²) in [6.45, 7) is 0. The summed E-state index contributed by atoms with van der Waals surface area (Å²) in [5, 5.41) is 23.8. The third-order valence-electron chi connectivity index (χ3n) is 2.78. The van der Waals surface area contributed by atoms with Gasteiger partial charge in [0.15, 0.2) is 0 Å². The third-order valence-corrected chi connectivity index (χ3v) is 2.78. The van der Waals surface area contributed by atoms with Crippen LogP contribution in [0.15, 0.2) is 39.0 Å². The number of H-pyrrole nitrogens is 2. The summed E-state index contributed by atoms with van der Waals surface area (Å²) in [5.74, 6) is -0.894. The lowest BCUT2D eigenvalue weighted by Gasteiger charge is -2.01. The molecular formula is C13H11N5O6. The van der Waals surface area contributed by atoms with Crippen LogP contribution in [0, 0.1) is 10.1 Å². The highest BCUT2D eigenvalue weighted by molar-refractivity contribution is 5.86. The van der Waals surface area contributed by atoms with Gasteiger partial charge in [-0.3, -0.25) is 24.7 Å². The summed E-state index contributed by atoms with van der Waals surface area (Å²) >= 11 is 0. The van der Waals surface area contributed by atoms with E-state index >= 15 is 0 Å². The van der Waals surface area contributed by atoms with Gasteiger partial charge in [-0.15, -0.1) is 0 Å². The molecular weight excluding hydrogens is 322 g/mol. The maximum Gasteiger partial charge on any atom is 0.325 e. The van der Waals surface area contributed by atoms with Gasteiger partial charge in [0.25, 0.3) is 11.2 Å². The summed E-state index contributed by atoms with van der Waals surface area (Å²) in [4.78, 5) is 48.1. The van der Waals surface area contributed by atoms with Crippen LogP contribution in [0.3, 0.4) is 0 Å². The molecule has 24 heavy (non-hydrogen) atoms. The molecule has 11 heteroatoms. The molecule has 0 saturated heterocycles. The summed E-state index contributed by atoms with van der Waals surface area (Å²) in [6.07, 6.45) is 0.720. The third kappa shape index (κ3) is 4.37. The molecule has 1 amide bonds. The van der Waals surface area contributed by atoms with E-state index < -0.39 is 22.1 Å². The van der Waals surface area contributed by atoms with Crippen molar-refractivity contribution < 1.29 is 14.8 Å². The highest BCUT2D eigenvalue weighted by Crippen LogP contribution is 2.21. The van der Waals surface area contributed by atoms with Gasteiger partial charge >= 0.3 is 5.69 Å². The Balaban J connectivity index is 2.04. The van der Waals surface area contributed by atoms with E-state index in [4.69, 9.17) is 0 Å². The molecule has 0 unspecified atom stereocenters. The Hall–Kier alpha value is -3.76. The molecule has 1 aromatic heterocycles. The number of phenolic OH excluding ortho intramolecular Hbond substituents is 1. The summed E-state index contributed by atoms with van der Waals surface area (Å²) < 4.78 is 0. The number of benzene rings is 1. The first-order valence-corrected chi connectivity index (χ1v) is 6.47. The molecule has 0 aliphatic heterocycles. The fourth-order valence-electron chi connectivity index (χ4n) is 1.76. The number of nitro groups is 1. The fraction of sp³-hybridized carbons (Fsp3) is 0.0769. The maximum absolute atomic E-state index is 11.7. The van der Waals surface area contributed by atoms with E-state index in [1.165, 1.54) is 0 Å². The number of non-ortho nitro benzene ring substituents is 1. The van der Waals surface area contributed by atoms with Gasteiger partial charge < -0.3 is 10.1 Å². The lowest BCUT2D eigenvalue weighted by molar-refractivity contribution is -0.384. The lowest BCUT2D eigenvalue weighted by atomic mass is 10.2. The van der Waals surface area contributed by atoms with Gasteiger partial charge in [-0.25, -0.2) is 10.2 Å². The Morgan fingerprint density at radius 1 is 1.33 bits per heavy atom. The van der Waals surface area contributed by atoms with Gasteiger partial charge in [-0.1, -0.05) is 0 Å². The number of rotatable bonds is 5. The Bertz CT molecular complexity index is 901. The van der Waals surface area contributed by atoms with Crippen molar-refractivity contribution in [3.8, 4) is 5.75 Å². The van der Waals surface area contributed by atoms with E-state index in [-0.39, 0.29) is 29.1 Å². The number of amides is 1. The average Bonchev–Trinajstić information content (AvgIpc) is 2.47. The maximum atomic E-state index is 11.7. The fourth-order valence-corrected chi connectivity index (χ4v) is 1.76. The number of nitro benzene ring substituents is 1. The highest BCUT2D eigenvalue weighted by atomic mass is 16.6. The van der Waals surface area contributed by atoms with Crippen LogP contribution in [0.4, 0.5) is 5.69 Å². The highest BCUT2D eigenvalue weighted by Gasteiger charge is 2.09. The number of nitrogens with one attached hydrogen (secondary N) is 3. The molecule has 2 aromatic rings. The summed E-state index contributed by atoms with van der Waals surface area (Å²) in [7, 11) is 0. The topological polar surface area (TPSA) is 171 Å². The van der Waals surface area contributed by atoms with Crippen LogP contribution >= 0.6 is 0 Å². The zero-order valence-electron chi connectivity index (χ0n) is 12.0. The van der Waals surface area contributed by atoms with Crippen molar-refractivity contribution in [3.05, 3.63) is 66.5 Å². The lowest BCUT2D eigenvalue weighted by Crippen LogP contribution is -2.26. The monoisotopic (exact) mass is 333 g/mol. The molecule has 0 fully saturated rings. The molecule has 0 spiro atoms. The quantitative estimate of drug-likeness (QED) is 0.322. The van der Waals surface area contributed by atoms with E-state index in [0.717, 1.165) is 30.5 Å². The van der Waals surface area contributed by atoms with Crippen LogP contribution in [-0.4, -0.2) is 32.1 Å². The van der Waals surface area contributed by atoms with Gasteiger partial charge in [-0.05, 0) is 6.07 Å². The van der Waals surface area contributed by atoms with Crippen molar-refractivity contribution in [3.63, 3.8) is 0 Å². The van der Waals surface area contributed by atoms with Crippen LogP contribution in [0.5, 0.6) is 5.75 Å². The second-order valence-electron chi connectivity index (χ2n) is 4.58. The molecule has 11 nitrogen and oxygen atoms in total. The second-order valence-corrected chi connectivity index (χ2v) is 4.58. The molecule has 4 N–H and O–H groups in total. The Labute approximate surface area is 132 Å². The second kappa shape index (κ2) is 7.00. The largest absolute Gasteiger partial charge is 0.507 e. The number of aromatic nitrogens is 2. The van der Waals surface area contributed by atoms with Crippen molar-refractivity contribution in [2.24, 2.45) is 5.10 Å². The molecule has 2 rings (SSSR count). The Morgan fingerprint density at radius 3 is 2.75 bits per heavy atom. The molecule has 0 radical (unpaired) electrons. The minimum atomic E-state index is -0.740. The van der Waals surface area contributed by atoms with E-state index in [2.05, 4.69) is 15.5 Å². The van der Waals surface area contributed by atoms with Gasteiger partial charge in [0, 0.05) is 29.5 Å². The molecule has 124 valence electrons. The van der Waals surface area contributed by atoms with Crippen molar-refractivity contribution in [2.45, 2.75) is 6.42 Å². The van der Waals surface area contributed by atoms with E-state index in [1.807, 2.05) is 4.98 Å². The molecule has 0 atom stereocenters. The van der Waals surface area contributed by atoms with Gasteiger partial charge in [0.05, 0.1) is 17.6 Å². The van der Waals surface area contributed by atoms with Crippen LogP contribution in [0.2, 0.25) is 0 Å². The number of hydrazone groups is 1. The smallest absolute Gasteiger partial charge is 0.325 e. The van der Waals surface area contributed by atoms with E-state index in [0.29, 0.717) is 0 Å². The molecule has 0 aliphatic carbocycles. The number of aromatic hydroxyl groups is 1.